The number of para-hydroxylation sites is 2. The third kappa shape index (κ3) is 3.88. The lowest BCUT2D eigenvalue weighted by molar-refractivity contribution is -0.117. The molecule has 1 N–H and O–H groups in total. The molecule has 1 heterocycles. The second kappa shape index (κ2) is 7.70. The van der Waals surface area contributed by atoms with Gasteiger partial charge in [-0.25, -0.2) is 4.98 Å². The molecule has 0 radical (unpaired) electrons. The predicted molar refractivity (Wildman–Crippen MR) is 114 cm³/mol. The van der Waals surface area contributed by atoms with Gasteiger partial charge in [0.05, 0.1) is 17.6 Å². The largest absolute Gasteiger partial charge is 0.334 e. The molecule has 150 valence electrons. The van der Waals surface area contributed by atoms with Crippen LogP contribution in [-0.4, -0.2) is 33.3 Å². The Morgan fingerprint density at radius 2 is 1.97 bits per heavy atom. The molecule has 6 heteroatoms. The topological polar surface area (TPSA) is 67.2 Å². The molecule has 1 aromatic heterocycles. The van der Waals surface area contributed by atoms with Crippen LogP contribution in [-0.2, 0) is 17.9 Å². The summed E-state index contributed by atoms with van der Waals surface area (Å²) in [4.78, 5) is 31.5. The van der Waals surface area contributed by atoms with Crippen molar-refractivity contribution in [3.8, 4) is 0 Å². The number of imidazole rings is 1. The molecular weight excluding hydrogens is 364 g/mol. The third-order valence-corrected chi connectivity index (χ3v) is 5.60. The zero-order chi connectivity index (χ0) is 20.5. The van der Waals surface area contributed by atoms with Crippen LogP contribution in [0, 0.1) is 11.8 Å². The van der Waals surface area contributed by atoms with Crippen molar-refractivity contribution in [2.24, 2.45) is 11.8 Å². The summed E-state index contributed by atoms with van der Waals surface area (Å²) in [7, 11) is 1.78. The van der Waals surface area contributed by atoms with Crippen LogP contribution in [0.4, 0.5) is 5.69 Å². The van der Waals surface area contributed by atoms with Gasteiger partial charge >= 0.3 is 0 Å². The van der Waals surface area contributed by atoms with E-state index in [0.29, 0.717) is 23.7 Å². The van der Waals surface area contributed by atoms with Gasteiger partial charge in [-0.2, -0.15) is 0 Å². The van der Waals surface area contributed by atoms with Crippen molar-refractivity contribution < 1.29 is 9.59 Å². The minimum atomic E-state index is -0.101. The highest BCUT2D eigenvalue weighted by Crippen LogP contribution is 2.38. The van der Waals surface area contributed by atoms with E-state index in [1.165, 1.54) is 0 Å². The number of nitrogens with one attached hydrogen (secondary N) is 1. The summed E-state index contributed by atoms with van der Waals surface area (Å²) in [5.41, 5.74) is 3.22. The zero-order valence-corrected chi connectivity index (χ0v) is 17.1. The Morgan fingerprint density at radius 1 is 1.21 bits per heavy atom. The predicted octanol–water partition coefficient (Wildman–Crippen LogP) is 3.92. The van der Waals surface area contributed by atoms with Gasteiger partial charge in [-0.05, 0) is 49.6 Å². The maximum absolute atomic E-state index is 13.0. The maximum Gasteiger partial charge on any atom is 0.254 e. The summed E-state index contributed by atoms with van der Waals surface area (Å²) in [6.07, 6.45) is 0.936. The van der Waals surface area contributed by atoms with Crippen LogP contribution in [0.5, 0.6) is 0 Å². The molecule has 0 spiro atoms. The van der Waals surface area contributed by atoms with E-state index in [-0.39, 0.29) is 17.7 Å². The Hall–Kier alpha value is -3.15. The van der Waals surface area contributed by atoms with E-state index in [1.807, 2.05) is 30.3 Å². The average Bonchev–Trinajstić information content (AvgIpc) is 3.35. The Bertz CT molecular complexity index is 1070. The number of aromatic nitrogens is 2. The first-order chi connectivity index (χ1) is 14.0. The van der Waals surface area contributed by atoms with Crippen LogP contribution in [0.3, 0.4) is 0 Å². The fourth-order valence-electron chi connectivity index (χ4n) is 3.76. The normalized spacial score (nSPS) is 17.9. The Morgan fingerprint density at radius 3 is 2.69 bits per heavy atom. The van der Waals surface area contributed by atoms with E-state index in [1.54, 1.807) is 30.1 Å². The molecule has 1 aliphatic carbocycles. The van der Waals surface area contributed by atoms with Crippen LogP contribution in [0.1, 0.15) is 36.5 Å². The zero-order valence-electron chi connectivity index (χ0n) is 17.1. The van der Waals surface area contributed by atoms with Crippen molar-refractivity contribution in [2.45, 2.75) is 33.4 Å². The molecule has 0 saturated heterocycles. The number of anilines is 1. The lowest BCUT2D eigenvalue weighted by atomic mass is 10.1. The number of rotatable bonds is 6. The van der Waals surface area contributed by atoms with Crippen molar-refractivity contribution >= 4 is 28.5 Å². The van der Waals surface area contributed by atoms with Gasteiger partial charge in [-0.3, -0.25) is 9.59 Å². The fourth-order valence-corrected chi connectivity index (χ4v) is 3.76. The number of hydrogen-bond donors (Lipinski definition) is 1. The first kappa shape index (κ1) is 19.2. The third-order valence-electron chi connectivity index (χ3n) is 5.60. The number of hydrogen-bond acceptors (Lipinski definition) is 3. The molecule has 0 bridgehead atoms. The lowest BCUT2D eigenvalue weighted by Crippen LogP contribution is -2.28. The van der Waals surface area contributed by atoms with Crippen LogP contribution in [0.15, 0.2) is 48.5 Å². The molecule has 29 heavy (non-hydrogen) atoms. The van der Waals surface area contributed by atoms with Gasteiger partial charge in [0, 0.05) is 30.8 Å². The first-order valence-electron chi connectivity index (χ1n) is 10.1. The smallest absolute Gasteiger partial charge is 0.254 e. The van der Waals surface area contributed by atoms with Gasteiger partial charge in [0.1, 0.15) is 5.82 Å². The van der Waals surface area contributed by atoms with E-state index in [0.717, 1.165) is 29.8 Å². The van der Waals surface area contributed by atoms with Crippen LogP contribution in [0.2, 0.25) is 0 Å². The van der Waals surface area contributed by atoms with Gasteiger partial charge < -0.3 is 14.8 Å². The number of benzene rings is 2. The summed E-state index contributed by atoms with van der Waals surface area (Å²) >= 11 is 0. The summed E-state index contributed by atoms with van der Waals surface area (Å²) in [6, 6.07) is 15.1. The van der Waals surface area contributed by atoms with E-state index < -0.39 is 0 Å². The van der Waals surface area contributed by atoms with Crippen molar-refractivity contribution in [3.63, 3.8) is 0 Å². The van der Waals surface area contributed by atoms with Crippen molar-refractivity contribution in [3.05, 3.63) is 59.9 Å². The van der Waals surface area contributed by atoms with E-state index in [4.69, 9.17) is 4.98 Å². The molecule has 2 amide bonds. The summed E-state index contributed by atoms with van der Waals surface area (Å²) in [6.45, 7) is 5.35. The summed E-state index contributed by atoms with van der Waals surface area (Å²) in [5, 5.41) is 2.93. The molecule has 4 rings (SSSR count). The summed E-state index contributed by atoms with van der Waals surface area (Å²) in [5.74, 6) is 1.34. The Balaban J connectivity index is 1.49. The highest BCUT2D eigenvalue weighted by atomic mass is 16.2. The number of amides is 2. The number of fused-ring (bicyclic) bond motifs is 1. The number of carbonyl (C=O) groups is 2. The molecule has 3 aromatic rings. The Labute approximate surface area is 170 Å². The van der Waals surface area contributed by atoms with E-state index in [9.17, 15) is 9.59 Å². The molecule has 1 fully saturated rings. The SMILES string of the molecule is CCn1c(CN(C)C(=O)c2cccc(NC(=O)C3CC3C)c2)nc2ccccc21. The number of carbonyl (C=O) groups excluding carboxylic acids is 2. The van der Waals surface area contributed by atoms with E-state index in [2.05, 4.69) is 23.7 Å². The molecule has 6 nitrogen and oxygen atoms in total. The second-order valence-electron chi connectivity index (χ2n) is 7.81. The standard InChI is InChI=1S/C23H26N4O2/c1-4-27-20-11-6-5-10-19(20)25-21(27)14-26(3)23(29)16-8-7-9-17(13-16)24-22(28)18-12-15(18)2/h5-11,13,15,18H,4,12,14H2,1-3H3,(H,24,28). The Kier molecular flexibility index (Phi) is 5.09. The molecule has 1 aliphatic rings. The monoisotopic (exact) mass is 390 g/mol. The van der Waals surface area contributed by atoms with Crippen LogP contribution in [0.25, 0.3) is 11.0 Å². The van der Waals surface area contributed by atoms with Crippen LogP contribution >= 0.6 is 0 Å². The molecule has 1 saturated carbocycles. The van der Waals surface area contributed by atoms with Gasteiger partial charge in [-0.1, -0.05) is 25.1 Å². The minimum absolute atomic E-state index is 0.0344. The molecule has 2 atom stereocenters. The molecule has 2 unspecified atom stereocenters. The molecule has 0 aliphatic heterocycles. The quantitative estimate of drug-likeness (QED) is 0.694. The van der Waals surface area contributed by atoms with Crippen LogP contribution < -0.4 is 5.32 Å². The van der Waals surface area contributed by atoms with Gasteiger partial charge in [0.15, 0.2) is 0 Å². The highest BCUT2D eigenvalue weighted by Gasteiger charge is 2.39. The highest BCUT2D eigenvalue weighted by molar-refractivity contribution is 5.98. The molecular formula is C23H26N4O2. The summed E-state index contributed by atoms with van der Waals surface area (Å²) < 4.78 is 2.13. The van der Waals surface area contributed by atoms with Gasteiger partial charge in [-0.15, -0.1) is 0 Å². The van der Waals surface area contributed by atoms with Crippen molar-refractivity contribution in [2.75, 3.05) is 12.4 Å². The minimum Gasteiger partial charge on any atom is -0.334 e. The van der Waals surface area contributed by atoms with E-state index >= 15 is 0 Å². The van der Waals surface area contributed by atoms with Crippen molar-refractivity contribution in [1.29, 1.82) is 0 Å². The van der Waals surface area contributed by atoms with Gasteiger partial charge in [0.2, 0.25) is 5.91 Å². The first-order valence-corrected chi connectivity index (χ1v) is 10.1. The maximum atomic E-state index is 13.0. The molecule has 2 aromatic carbocycles. The average molecular weight is 390 g/mol. The second-order valence-corrected chi connectivity index (χ2v) is 7.81. The number of nitrogens with zero attached hydrogens (tertiary/aromatic N) is 3. The fraction of sp³-hybridized carbons (Fsp3) is 0.348. The van der Waals surface area contributed by atoms with Crippen molar-refractivity contribution in [1.82, 2.24) is 14.5 Å². The lowest BCUT2D eigenvalue weighted by Gasteiger charge is -2.18. The van der Waals surface area contributed by atoms with Gasteiger partial charge in [0.25, 0.3) is 5.91 Å². The number of aryl methyl sites for hydroxylation is 1.